The average molecular weight is 492 g/mol. The predicted molar refractivity (Wildman–Crippen MR) is 116 cm³/mol. The molecule has 0 saturated heterocycles. The van der Waals surface area contributed by atoms with Crippen LogP contribution in [0.2, 0.25) is 10.0 Å². The highest BCUT2D eigenvalue weighted by Gasteiger charge is 2.42. The van der Waals surface area contributed by atoms with E-state index in [4.69, 9.17) is 33.0 Å². The fourth-order valence-corrected chi connectivity index (χ4v) is 4.60. The van der Waals surface area contributed by atoms with Gasteiger partial charge in [-0.3, -0.25) is 0 Å². The zero-order valence-corrected chi connectivity index (χ0v) is 18.0. The maximum absolute atomic E-state index is 13.4. The molecule has 0 saturated carbocycles. The molecule has 2 atom stereocenters. The second-order valence-electron chi connectivity index (χ2n) is 6.98. The second-order valence-corrected chi connectivity index (χ2v) is 8.74. The van der Waals surface area contributed by atoms with Gasteiger partial charge in [-0.05, 0) is 42.0 Å². The number of hydrogen-bond donors (Lipinski definition) is 0. The third kappa shape index (κ3) is 3.41. The zero-order valence-electron chi connectivity index (χ0n) is 14.9. The summed E-state index contributed by atoms with van der Waals surface area (Å²) in [6.45, 7) is 0. The molecular weight excluding hydrogens is 478 g/mol. The van der Waals surface area contributed by atoms with Crippen molar-refractivity contribution in [1.82, 2.24) is 5.01 Å². The molecule has 29 heavy (non-hydrogen) atoms. The Morgan fingerprint density at radius 1 is 1.03 bits per heavy atom. The molecule has 0 spiro atoms. The molecule has 0 bridgehead atoms. The van der Waals surface area contributed by atoms with Crippen LogP contribution in [-0.4, -0.2) is 10.7 Å². The van der Waals surface area contributed by atoms with Crippen molar-refractivity contribution < 1.29 is 9.13 Å². The SMILES string of the molecule is Fc1ccc(C2=NN3[C@H](C2)c2cc(Cl)cc(Cl)c2O[C@@H]3c2ccc(Br)cc2)cc1. The second kappa shape index (κ2) is 7.31. The fourth-order valence-electron chi connectivity index (χ4n) is 3.78. The highest BCUT2D eigenvalue weighted by Crippen LogP contribution is 2.50. The lowest BCUT2D eigenvalue weighted by molar-refractivity contribution is -0.0189. The van der Waals surface area contributed by atoms with Crippen molar-refractivity contribution >= 4 is 44.8 Å². The van der Waals surface area contributed by atoms with Gasteiger partial charge in [0.05, 0.1) is 16.8 Å². The normalized spacial score (nSPS) is 20.0. The van der Waals surface area contributed by atoms with Gasteiger partial charge in [-0.25, -0.2) is 9.40 Å². The van der Waals surface area contributed by atoms with Crippen LogP contribution in [0.3, 0.4) is 0 Å². The lowest BCUT2D eigenvalue weighted by Crippen LogP contribution is -2.33. The summed E-state index contributed by atoms with van der Waals surface area (Å²) in [5.41, 5.74) is 3.60. The summed E-state index contributed by atoms with van der Waals surface area (Å²) in [6.07, 6.45) is 0.211. The highest BCUT2D eigenvalue weighted by molar-refractivity contribution is 9.10. The maximum atomic E-state index is 13.4. The van der Waals surface area contributed by atoms with E-state index in [9.17, 15) is 4.39 Å². The summed E-state index contributed by atoms with van der Waals surface area (Å²) >= 11 is 16.2. The summed E-state index contributed by atoms with van der Waals surface area (Å²) in [5, 5.41) is 7.82. The Bertz CT molecular complexity index is 1120. The van der Waals surface area contributed by atoms with Crippen LogP contribution in [0.25, 0.3) is 0 Å². The molecule has 3 aromatic rings. The minimum atomic E-state index is -0.433. The Kier molecular flexibility index (Phi) is 4.77. The molecule has 0 aliphatic carbocycles. The molecule has 0 amide bonds. The molecule has 0 fully saturated rings. The van der Waals surface area contributed by atoms with E-state index in [2.05, 4.69) is 15.9 Å². The summed E-state index contributed by atoms with van der Waals surface area (Å²) in [7, 11) is 0. The van der Waals surface area contributed by atoms with Crippen molar-refractivity contribution in [1.29, 1.82) is 0 Å². The molecule has 5 rings (SSSR count). The monoisotopic (exact) mass is 490 g/mol. The summed E-state index contributed by atoms with van der Waals surface area (Å²) in [6, 6.07) is 17.8. The van der Waals surface area contributed by atoms with Gasteiger partial charge in [-0.15, -0.1) is 0 Å². The number of ether oxygens (including phenoxy) is 1. The van der Waals surface area contributed by atoms with E-state index in [1.807, 2.05) is 35.3 Å². The first-order chi connectivity index (χ1) is 14.0. The number of hydrogen-bond acceptors (Lipinski definition) is 3. The van der Waals surface area contributed by atoms with Gasteiger partial charge in [-0.2, -0.15) is 5.10 Å². The molecular formula is C22H14BrCl2FN2O. The van der Waals surface area contributed by atoms with Crippen molar-refractivity contribution in [2.24, 2.45) is 5.10 Å². The van der Waals surface area contributed by atoms with Crippen LogP contribution in [-0.2, 0) is 0 Å². The molecule has 2 aliphatic rings. The van der Waals surface area contributed by atoms with Crippen LogP contribution in [0, 0.1) is 5.82 Å². The van der Waals surface area contributed by atoms with E-state index in [1.54, 1.807) is 18.2 Å². The lowest BCUT2D eigenvalue weighted by Gasteiger charge is -2.38. The van der Waals surface area contributed by atoms with Crippen molar-refractivity contribution in [3.63, 3.8) is 0 Å². The lowest BCUT2D eigenvalue weighted by atomic mass is 9.96. The Morgan fingerprint density at radius 2 is 1.76 bits per heavy atom. The molecule has 2 aliphatic heterocycles. The smallest absolute Gasteiger partial charge is 0.213 e. The van der Waals surface area contributed by atoms with Crippen LogP contribution >= 0.6 is 39.1 Å². The van der Waals surface area contributed by atoms with Crippen LogP contribution in [0.5, 0.6) is 5.75 Å². The Morgan fingerprint density at radius 3 is 2.48 bits per heavy atom. The quantitative estimate of drug-likeness (QED) is 0.380. The molecule has 0 unspecified atom stereocenters. The van der Waals surface area contributed by atoms with Crippen molar-refractivity contribution in [3.05, 3.63) is 97.7 Å². The first-order valence-corrected chi connectivity index (χ1v) is 10.6. The van der Waals surface area contributed by atoms with Crippen molar-refractivity contribution in [2.45, 2.75) is 18.7 Å². The summed E-state index contributed by atoms with van der Waals surface area (Å²) in [4.78, 5) is 0. The Hall–Kier alpha value is -2.08. The van der Waals surface area contributed by atoms with E-state index >= 15 is 0 Å². The van der Waals surface area contributed by atoms with E-state index in [1.165, 1.54) is 12.1 Å². The Labute approximate surface area is 185 Å². The standard InChI is InChI=1S/C22H14BrCl2FN2O/c23-14-5-1-13(2-6-14)22-28-20(17-9-15(24)10-18(25)21(17)29-22)11-19(27-28)12-3-7-16(26)8-4-12/h1-10,20,22H,11H2/t20-,22-/m1/s1. The summed E-state index contributed by atoms with van der Waals surface area (Å²) < 4.78 is 20.7. The van der Waals surface area contributed by atoms with Gasteiger partial charge in [0.25, 0.3) is 0 Å². The minimum Gasteiger partial charge on any atom is -0.463 e. The van der Waals surface area contributed by atoms with Crippen LogP contribution < -0.4 is 4.74 Å². The van der Waals surface area contributed by atoms with Crippen molar-refractivity contribution in [3.8, 4) is 5.75 Å². The number of rotatable bonds is 2. The van der Waals surface area contributed by atoms with Gasteiger partial charge in [0.2, 0.25) is 6.23 Å². The molecule has 3 nitrogen and oxygen atoms in total. The molecule has 146 valence electrons. The van der Waals surface area contributed by atoms with E-state index in [0.717, 1.165) is 26.9 Å². The van der Waals surface area contributed by atoms with Gasteiger partial charge in [0.1, 0.15) is 11.6 Å². The molecule has 3 aromatic carbocycles. The van der Waals surface area contributed by atoms with Gasteiger partial charge in [-0.1, -0.05) is 63.4 Å². The van der Waals surface area contributed by atoms with Gasteiger partial charge >= 0.3 is 0 Å². The maximum Gasteiger partial charge on any atom is 0.213 e. The summed E-state index contributed by atoms with van der Waals surface area (Å²) in [5.74, 6) is 0.353. The number of nitrogens with zero attached hydrogens (tertiary/aromatic N) is 2. The zero-order chi connectivity index (χ0) is 20.1. The third-order valence-electron chi connectivity index (χ3n) is 5.14. The van der Waals surface area contributed by atoms with Crippen LogP contribution in [0.4, 0.5) is 4.39 Å². The molecule has 0 radical (unpaired) electrons. The molecule has 0 aromatic heterocycles. The van der Waals surface area contributed by atoms with Gasteiger partial charge in [0, 0.05) is 27.0 Å². The van der Waals surface area contributed by atoms with Gasteiger partial charge < -0.3 is 4.74 Å². The Balaban J connectivity index is 1.62. The van der Waals surface area contributed by atoms with Crippen LogP contribution in [0.1, 0.15) is 35.4 Å². The van der Waals surface area contributed by atoms with Crippen LogP contribution in [0.15, 0.2) is 70.2 Å². The van der Waals surface area contributed by atoms with E-state index in [0.29, 0.717) is 22.2 Å². The molecule has 7 heteroatoms. The minimum absolute atomic E-state index is 0.0800. The average Bonchev–Trinajstić information content (AvgIpc) is 3.14. The number of benzene rings is 3. The third-order valence-corrected chi connectivity index (χ3v) is 6.17. The topological polar surface area (TPSA) is 24.8 Å². The number of hydrazone groups is 1. The first-order valence-electron chi connectivity index (χ1n) is 9.02. The largest absolute Gasteiger partial charge is 0.463 e. The first kappa shape index (κ1) is 18.9. The molecule has 2 heterocycles. The predicted octanol–water partition coefficient (Wildman–Crippen LogP) is 7.14. The van der Waals surface area contributed by atoms with E-state index in [-0.39, 0.29) is 11.9 Å². The highest BCUT2D eigenvalue weighted by atomic mass is 79.9. The molecule has 0 N–H and O–H groups in total. The van der Waals surface area contributed by atoms with Gasteiger partial charge in [0.15, 0.2) is 0 Å². The van der Waals surface area contributed by atoms with E-state index < -0.39 is 6.23 Å². The fraction of sp³-hybridized carbons (Fsp3) is 0.136. The number of halogens is 4. The van der Waals surface area contributed by atoms with Crippen molar-refractivity contribution in [2.75, 3.05) is 0 Å². The number of fused-ring (bicyclic) bond motifs is 3.